The van der Waals surface area contributed by atoms with Gasteiger partial charge >= 0.3 is 0 Å². The van der Waals surface area contributed by atoms with Gasteiger partial charge in [0.2, 0.25) is 0 Å². The maximum atomic E-state index is 2.46. The lowest BCUT2D eigenvalue weighted by molar-refractivity contribution is 1.18. The average molecular weight is 635 g/mol. The van der Waals surface area contributed by atoms with Crippen LogP contribution in [0.3, 0.4) is 0 Å². The van der Waals surface area contributed by atoms with Crippen LogP contribution in [0.1, 0.15) is 0 Å². The van der Waals surface area contributed by atoms with Gasteiger partial charge in [-0.2, -0.15) is 0 Å². The molecule has 1 aliphatic carbocycles. The van der Waals surface area contributed by atoms with Gasteiger partial charge in [-0.3, -0.25) is 0 Å². The van der Waals surface area contributed by atoms with Crippen LogP contribution in [0.15, 0.2) is 182 Å². The Kier molecular flexibility index (Phi) is 5.70. The predicted octanol–water partition coefficient (Wildman–Crippen LogP) is 13.4. The molecule has 1 aromatic heterocycles. The largest absolute Gasteiger partial charge is 0.310 e. The Morgan fingerprint density at radius 2 is 1.02 bits per heavy atom. The van der Waals surface area contributed by atoms with Crippen LogP contribution in [0, 0.1) is 0 Å². The fraction of sp³-hybridized carbons (Fsp3) is 0. The van der Waals surface area contributed by atoms with Crippen LogP contribution in [-0.2, 0) is 0 Å². The lowest BCUT2D eigenvalue weighted by atomic mass is 9.95. The van der Waals surface area contributed by atoms with E-state index in [-0.39, 0.29) is 0 Å². The minimum Gasteiger partial charge on any atom is -0.310 e. The standard InChI is InChI=1S/C48H30N2/c1-2-16-34(17-3-1)50-45-22-9-8-20-40(45)42-29-36(25-27-46(42)50)49(44-23-11-14-31-12-4-6-18-37(31)44)35-24-26-39-41-21-10-15-33-28-32-13-5-7-19-38(32)48(47(33)41)43(39)30-35/h1-30H. The molecule has 9 aromatic carbocycles. The zero-order chi connectivity index (χ0) is 32.8. The molecule has 0 radical (unpaired) electrons. The van der Waals surface area contributed by atoms with Crippen LogP contribution in [0.2, 0.25) is 0 Å². The molecule has 0 bridgehead atoms. The topological polar surface area (TPSA) is 8.17 Å². The van der Waals surface area contributed by atoms with Gasteiger partial charge in [0.15, 0.2) is 0 Å². The number of hydrogen-bond donors (Lipinski definition) is 0. The van der Waals surface area contributed by atoms with Gasteiger partial charge in [0.25, 0.3) is 0 Å². The van der Waals surface area contributed by atoms with Gasteiger partial charge < -0.3 is 9.47 Å². The summed E-state index contributed by atoms with van der Waals surface area (Å²) in [6.45, 7) is 0. The number of hydrogen-bond acceptors (Lipinski definition) is 1. The van der Waals surface area contributed by atoms with Crippen molar-refractivity contribution >= 4 is 71.2 Å². The molecule has 10 aromatic rings. The molecule has 50 heavy (non-hydrogen) atoms. The van der Waals surface area contributed by atoms with Crippen LogP contribution < -0.4 is 4.90 Å². The third kappa shape index (κ3) is 3.85. The fourth-order valence-corrected chi connectivity index (χ4v) is 8.53. The van der Waals surface area contributed by atoms with Gasteiger partial charge in [0, 0.05) is 33.2 Å². The lowest BCUT2D eigenvalue weighted by Gasteiger charge is -2.28. The molecule has 1 aliphatic rings. The van der Waals surface area contributed by atoms with E-state index < -0.39 is 0 Å². The molecule has 0 fully saturated rings. The zero-order valence-corrected chi connectivity index (χ0v) is 27.2. The lowest BCUT2D eigenvalue weighted by Crippen LogP contribution is -2.10. The highest BCUT2D eigenvalue weighted by molar-refractivity contribution is 6.24. The Morgan fingerprint density at radius 1 is 0.360 bits per heavy atom. The number of fused-ring (bicyclic) bond motifs is 9. The summed E-state index contributed by atoms with van der Waals surface area (Å²) in [4.78, 5) is 2.46. The van der Waals surface area contributed by atoms with Crippen molar-refractivity contribution in [1.29, 1.82) is 0 Å². The van der Waals surface area contributed by atoms with Crippen LogP contribution in [0.25, 0.3) is 82.1 Å². The molecule has 0 saturated carbocycles. The highest BCUT2D eigenvalue weighted by Crippen LogP contribution is 2.52. The van der Waals surface area contributed by atoms with Crippen molar-refractivity contribution in [3.8, 4) is 27.9 Å². The molecule has 2 nitrogen and oxygen atoms in total. The summed E-state index contributed by atoms with van der Waals surface area (Å²) >= 11 is 0. The molecule has 11 rings (SSSR count). The van der Waals surface area contributed by atoms with Crippen molar-refractivity contribution in [3.05, 3.63) is 182 Å². The predicted molar refractivity (Wildman–Crippen MR) is 212 cm³/mol. The van der Waals surface area contributed by atoms with Gasteiger partial charge in [0.05, 0.1) is 16.7 Å². The molecule has 0 aliphatic heterocycles. The van der Waals surface area contributed by atoms with Crippen molar-refractivity contribution in [2.45, 2.75) is 0 Å². The summed E-state index contributed by atoms with van der Waals surface area (Å²) in [6.07, 6.45) is 0. The Labute approximate surface area is 289 Å². The SMILES string of the molecule is c1ccc(-n2c3ccccc3c3cc(N(c4ccc5c(c4)-c4c6ccccc6cc6cccc-5c46)c4cccc5ccccc45)ccc32)cc1. The van der Waals surface area contributed by atoms with Gasteiger partial charge in [-0.1, -0.05) is 121 Å². The van der Waals surface area contributed by atoms with E-state index in [0.717, 1.165) is 22.7 Å². The summed E-state index contributed by atoms with van der Waals surface area (Å²) in [5.74, 6) is 0. The normalized spacial score (nSPS) is 12.0. The number of rotatable bonds is 4. The Balaban J connectivity index is 1.20. The first-order valence-electron chi connectivity index (χ1n) is 17.3. The summed E-state index contributed by atoms with van der Waals surface area (Å²) in [5, 5.41) is 10.1. The van der Waals surface area contributed by atoms with E-state index in [0.29, 0.717) is 0 Å². The zero-order valence-electron chi connectivity index (χ0n) is 27.2. The number of para-hydroxylation sites is 2. The number of aromatic nitrogens is 1. The van der Waals surface area contributed by atoms with Crippen molar-refractivity contribution in [2.75, 3.05) is 4.90 Å². The Morgan fingerprint density at radius 3 is 1.92 bits per heavy atom. The maximum absolute atomic E-state index is 2.46. The summed E-state index contributed by atoms with van der Waals surface area (Å²) in [5.41, 5.74) is 12.2. The first kappa shape index (κ1) is 27.3. The second-order valence-electron chi connectivity index (χ2n) is 13.3. The minimum atomic E-state index is 1.13. The molecule has 1 heterocycles. The molecular formula is C48H30N2. The van der Waals surface area contributed by atoms with Crippen LogP contribution in [0.4, 0.5) is 17.1 Å². The summed E-state index contributed by atoms with van der Waals surface area (Å²) in [6, 6.07) is 66.8. The Bertz CT molecular complexity index is 2980. The van der Waals surface area contributed by atoms with Gasteiger partial charge in [0.1, 0.15) is 0 Å². The van der Waals surface area contributed by atoms with E-state index in [1.54, 1.807) is 0 Å². The fourth-order valence-electron chi connectivity index (χ4n) is 8.53. The van der Waals surface area contributed by atoms with Crippen molar-refractivity contribution in [2.24, 2.45) is 0 Å². The molecule has 0 unspecified atom stereocenters. The van der Waals surface area contributed by atoms with E-state index in [1.807, 2.05) is 0 Å². The first-order valence-corrected chi connectivity index (χ1v) is 17.3. The second-order valence-corrected chi connectivity index (χ2v) is 13.3. The molecule has 0 saturated heterocycles. The van der Waals surface area contributed by atoms with Gasteiger partial charge in [-0.15, -0.1) is 0 Å². The average Bonchev–Trinajstić information content (AvgIpc) is 3.69. The molecular weight excluding hydrogens is 605 g/mol. The van der Waals surface area contributed by atoms with E-state index in [9.17, 15) is 0 Å². The first-order chi connectivity index (χ1) is 24.8. The molecule has 0 amide bonds. The quantitative estimate of drug-likeness (QED) is 0.175. The summed E-state index contributed by atoms with van der Waals surface area (Å²) in [7, 11) is 0. The molecule has 0 N–H and O–H groups in total. The van der Waals surface area contributed by atoms with Gasteiger partial charge in [-0.05, 0) is 110 Å². The van der Waals surface area contributed by atoms with Crippen LogP contribution in [-0.4, -0.2) is 4.57 Å². The minimum absolute atomic E-state index is 1.13. The molecule has 232 valence electrons. The Hall–Kier alpha value is -6.64. The third-order valence-corrected chi connectivity index (χ3v) is 10.6. The van der Waals surface area contributed by atoms with Gasteiger partial charge in [-0.25, -0.2) is 0 Å². The van der Waals surface area contributed by atoms with Crippen molar-refractivity contribution in [1.82, 2.24) is 4.57 Å². The summed E-state index contributed by atoms with van der Waals surface area (Å²) < 4.78 is 2.38. The monoisotopic (exact) mass is 634 g/mol. The third-order valence-electron chi connectivity index (χ3n) is 10.6. The van der Waals surface area contributed by atoms with E-state index in [1.165, 1.54) is 76.4 Å². The highest BCUT2D eigenvalue weighted by Gasteiger charge is 2.26. The van der Waals surface area contributed by atoms with Crippen LogP contribution in [0.5, 0.6) is 0 Å². The molecule has 0 spiro atoms. The smallest absolute Gasteiger partial charge is 0.0542 e. The highest BCUT2D eigenvalue weighted by atomic mass is 15.1. The van der Waals surface area contributed by atoms with Crippen molar-refractivity contribution < 1.29 is 0 Å². The second kappa shape index (κ2) is 10.4. The van der Waals surface area contributed by atoms with E-state index >= 15 is 0 Å². The van der Waals surface area contributed by atoms with E-state index in [2.05, 4.69) is 191 Å². The number of nitrogens with zero attached hydrogens (tertiary/aromatic N) is 2. The number of benzene rings is 9. The molecule has 0 atom stereocenters. The maximum Gasteiger partial charge on any atom is 0.0542 e. The van der Waals surface area contributed by atoms with E-state index in [4.69, 9.17) is 0 Å². The molecule has 2 heteroatoms. The number of anilines is 3. The van der Waals surface area contributed by atoms with Crippen molar-refractivity contribution in [3.63, 3.8) is 0 Å². The van der Waals surface area contributed by atoms with Crippen LogP contribution >= 0.6 is 0 Å².